The van der Waals surface area contributed by atoms with Crippen LogP contribution in [0.3, 0.4) is 0 Å². The Morgan fingerprint density at radius 1 is 1.00 bits per heavy atom. The van der Waals surface area contributed by atoms with Gasteiger partial charge < -0.3 is 0 Å². The normalized spacial score (nSPS) is 4.79. The van der Waals surface area contributed by atoms with Crippen molar-refractivity contribution < 1.29 is 157 Å². The van der Waals surface area contributed by atoms with Crippen molar-refractivity contribution in [1.82, 2.24) is 0 Å². The summed E-state index contributed by atoms with van der Waals surface area (Å²) in [6, 6.07) is 0. The second-order valence-electron chi connectivity index (χ2n) is 0.462. The van der Waals surface area contributed by atoms with E-state index in [0.29, 0.717) is 22.5 Å². The summed E-state index contributed by atoms with van der Waals surface area (Å²) in [5.74, 6) is 0. The van der Waals surface area contributed by atoms with Gasteiger partial charge in [0.1, 0.15) is 0 Å². The van der Waals surface area contributed by atoms with E-state index in [1.54, 1.807) is 0 Å². The molecular weight excluding hydrogens is 839 g/mol. The van der Waals surface area contributed by atoms with Crippen LogP contribution in [0.15, 0.2) is 0 Å². The Labute approximate surface area is 174 Å². The Balaban J connectivity index is -0.0000000255. The topological polar surface area (TPSA) is 51.2 Å². The Bertz CT molecular complexity index is 65.8. The number of halogens is 6. The standard InChI is InChI=1S/2Ce.6FH.2La.3O.Sn/h;;6*1H;;;;;;/q;+3;;;;;;;;+3;;;;/p-6. The maximum absolute atomic E-state index is 9.89. The maximum atomic E-state index is 9.89. The van der Waals surface area contributed by atoms with Gasteiger partial charge in [-0.25, -0.2) is 0 Å². The van der Waals surface area contributed by atoms with Gasteiger partial charge in [-0.15, -0.1) is 0 Å². The first kappa shape index (κ1) is 31.4. The number of rotatable bonds is 0. The van der Waals surface area contributed by atoms with Crippen LogP contribution in [0, 0.1) is 144 Å². The zero-order valence-corrected chi connectivity index (χ0v) is 22.5. The van der Waals surface area contributed by atoms with Crippen molar-refractivity contribution in [3.8, 4) is 0 Å². The summed E-state index contributed by atoms with van der Waals surface area (Å²) < 4.78 is 84.5. The van der Waals surface area contributed by atoms with Crippen LogP contribution >= 0.6 is 0 Å². The monoisotopic (exact) mass is 840 g/mol. The van der Waals surface area contributed by atoms with Crippen molar-refractivity contribution in [2.24, 2.45) is 0 Å². The molecule has 0 aromatic rings. The summed E-state index contributed by atoms with van der Waals surface area (Å²) >= 11 is -10.1. The van der Waals surface area contributed by atoms with E-state index in [2.05, 4.69) is 0 Å². The molecule has 0 rings (SSSR count). The van der Waals surface area contributed by atoms with Gasteiger partial charge in [-0.2, -0.15) is 0 Å². The average molecular weight is 839 g/mol. The second-order valence-corrected chi connectivity index (χ2v) is 3.36. The van der Waals surface area contributed by atoms with Gasteiger partial charge in [0.15, 0.2) is 0 Å². The van der Waals surface area contributed by atoms with Crippen LogP contribution in [0.5, 0.6) is 0 Å². The zero-order chi connectivity index (χ0) is 13.2. The van der Waals surface area contributed by atoms with Crippen molar-refractivity contribution in [3.05, 3.63) is 0 Å². The second kappa shape index (κ2) is 43.0. The Hall–Kier alpha value is 4.92. The van der Waals surface area contributed by atoms with Crippen molar-refractivity contribution in [2.75, 3.05) is 0 Å². The van der Waals surface area contributed by atoms with Gasteiger partial charge in [-0.3, -0.25) is 0 Å². The molecule has 14 heavy (non-hydrogen) atoms. The van der Waals surface area contributed by atoms with E-state index in [0.717, 1.165) is 0 Å². The molecule has 0 N–H and O–H groups in total. The van der Waals surface area contributed by atoms with E-state index in [-0.39, 0.29) is 73.6 Å². The fourth-order valence-corrected chi connectivity index (χ4v) is 0. The van der Waals surface area contributed by atoms with Crippen molar-refractivity contribution in [3.63, 3.8) is 0 Å². The van der Waals surface area contributed by atoms with Crippen LogP contribution in [0.2, 0.25) is 0 Å². The quantitative estimate of drug-likeness (QED) is 0.277. The molecule has 78 valence electrons. The van der Waals surface area contributed by atoms with Gasteiger partial charge in [0.05, 0.1) is 0 Å². The molecule has 0 aliphatic carbocycles. The number of hydrogen-bond donors (Lipinski definition) is 0. The average Bonchev–Trinajstić information content (AvgIpc) is 2.12. The fraction of sp³-hybridized carbons (Fsp3) is 0. The molecule has 0 aliphatic heterocycles. The molecule has 0 aliphatic rings. The van der Waals surface area contributed by atoms with Crippen LogP contribution in [0.1, 0.15) is 0 Å². The summed E-state index contributed by atoms with van der Waals surface area (Å²) in [6.45, 7) is 0. The Morgan fingerprint density at radius 3 is 1.00 bits per heavy atom. The third-order valence-electron chi connectivity index (χ3n) is 0. The molecule has 0 aromatic carbocycles. The molecule has 2 radical (unpaired) electrons. The summed E-state index contributed by atoms with van der Waals surface area (Å²) in [7, 11) is 0. The zero-order valence-electron chi connectivity index (χ0n) is 6.15. The van der Waals surface area contributed by atoms with E-state index < -0.39 is 70.2 Å². The molecule has 0 atom stereocenters. The summed E-state index contributed by atoms with van der Waals surface area (Å²) in [6.07, 6.45) is 0. The minimum absolute atomic E-state index is 0.0556. The summed E-state index contributed by atoms with van der Waals surface area (Å²) in [5, 5.41) is 0. The third-order valence-corrected chi connectivity index (χ3v) is 0. The van der Waals surface area contributed by atoms with Gasteiger partial charge in [0.2, 0.25) is 0 Å². The van der Waals surface area contributed by atoms with Crippen LogP contribution in [0.4, 0.5) is 7.54 Å². The van der Waals surface area contributed by atoms with Crippen molar-refractivity contribution in [2.45, 2.75) is 0 Å². The predicted octanol–water partition coefficient (Wildman–Crippen LogP) is 1.78. The first-order valence-corrected chi connectivity index (χ1v) is 13.5. The van der Waals surface area contributed by atoms with Gasteiger partial charge in [-0.1, -0.05) is 0 Å². The van der Waals surface area contributed by atoms with Gasteiger partial charge in [-0.05, 0) is 0 Å². The van der Waals surface area contributed by atoms with E-state index in [1.165, 1.54) is 0 Å². The molecule has 0 spiro atoms. The molecule has 0 bridgehead atoms. The molecule has 0 heterocycles. The summed E-state index contributed by atoms with van der Waals surface area (Å²) in [5.41, 5.74) is 0. The molecule has 3 nitrogen and oxygen atoms in total. The molecule has 0 amide bonds. The molecule has 0 saturated heterocycles. The first-order chi connectivity index (χ1) is 6.46. The van der Waals surface area contributed by atoms with Crippen molar-refractivity contribution in [1.29, 1.82) is 0 Å². The van der Waals surface area contributed by atoms with Gasteiger partial charge in [0, 0.05) is 0 Å². The molecule has 0 unspecified atom stereocenters. The summed E-state index contributed by atoms with van der Waals surface area (Å²) in [4.78, 5) is 0. The van der Waals surface area contributed by atoms with Gasteiger partial charge >= 0.3 is 180 Å². The molecule has 0 aromatic heterocycles. The van der Waals surface area contributed by atoms with Crippen LogP contribution in [-0.4, -0.2) is 22.5 Å². The molecule has 0 saturated carbocycles. The van der Waals surface area contributed by atoms with Crippen LogP contribution in [0.25, 0.3) is 0 Å². The number of hydrogen-bond acceptors (Lipinski definition) is 3. The van der Waals surface area contributed by atoms with E-state index >= 15 is 0 Å². The minimum atomic E-state index is -5.22. The van der Waals surface area contributed by atoms with E-state index in [1.807, 2.05) is 0 Å². The van der Waals surface area contributed by atoms with Crippen LogP contribution < -0.4 is 0 Å². The van der Waals surface area contributed by atoms with Gasteiger partial charge in [0.25, 0.3) is 0 Å². The Kier molecular flexibility index (Phi) is 96.4. The van der Waals surface area contributed by atoms with E-state index in [4.69, 9.17) is 5.71 Å². The van der Waals surface area contributed by atoms with Crippen molar-refractivity contribution >= 4 is 22.5 Å². The third kappa shape index (κ3) is 177. The predicted molar refractivity (Wildman–Crippen MR) is 14.5 cm³/mol. The molecule has 14 heteroatoms. The van der Waals surface area contributed by atoms with Crippen LogP contribution in [-0.2, 0) is 5.71 Å². The van der Waals surface area contributed by atoms with E-state index in [9.17, 15) is 7.54 Å². The SMILES string of the molecule is [F][Ce]([F])[F].[F][La]([F])[F].[O]=[Ce].[O]=[La].[O]=[Sn]. The fourth-order valence-electron chi connectivity index (χ4n) is 0. The molecule has 0 fully saturated rings. The first-order valence-electron chi connectivity index (χ1n) is 1.87. The molecular formula is Ce2F6La2O3Sn. The Morgan fingerprint density at radius 2 is 1.00 bits per heavy atom.